The predicted molar refractivity (Wildman–Crippen MR) is 82.6 cm³/mol. The molecule has 1 saturated carbocycles. The lowest BCUT2D eigenvalue weighted by Crippen LogP contribution is -2.37. The Morgan fingerprint density at radius 2 is 2.15 bits per heavy atom. The van der Waals surface area contributed by atoms with Gasteiger partial charge in [-0.15, -0.1) is 11.3 Å². The second-order valence-corrected chi connectivity index (χ2v) is 7.62. The summed E-state index contributed by atoms with van der Waals surface area (Å²) in [6.45, 7) is 5.89. The molecule has 2 fully saturated rings. The predicted octanol–water partition coefficient (Wildman–Crippen LogP) is 3.31. The first kappa shape index (κ1) is 14.1. The van der Waals surface area contributed by atoms with E-state index in [-0.39, 0.29) is 12.1 Å². The van der Waals surface area contributed by atoms with E-state index in [0.29, 0.717) is 12.5 Å². The van der Waals surface area contributed by atoms with Gasteiger partial charge >= 0.3 is 0 Å². The summed E-state index contributed by atoms with van der Waals surface area (Å²) in [5, 5.41) is 3.38. The topological polar surface area (TPSA) is 32.3 Å². The van der Waals surface area contributed by atoms with Gasteiger partial charge in [0.05, 0.1) is 6.54 Å². The van der Waals surface area contributed by atoms with Gasteiger partial charge in [-0.25, -0.2) is 0 Å². The minimum absolute atomic E-state index is 0.107. The first-order valence-electron chi connectivity index (χ1n) is 7.74. The van der Waals surface area contributed by atoms with Crippen molar-refractivity contribution in [2.45, 2.75) is 45.7 Å². The quantitative estimate of drug-likeness (QED) is 0.927. The number of aryl methyl sites for hydroxylation is 1. The Morgan fingerprint density at radius 3 is 2.85 bits per heavy atom. The number of carbonyl (C=O) groups excluding carboxylic acids is 1. The van der Waals surface area contributed by atoms with Crippen LogP contribution in [0.15, 0.2) is 12.1 Å². The molecule has 110 valence electrons. The highest BCUT2D eigenvalue weighted by Crippen LogP contribution is 2.34. The third-order valence-corrected chi connectivity index (χ3v) is 5.88. The smallest absolute Gasteiger partial charge is 0.238 e. The van der Waals surface area contributed by atoms with Gasteiger partial charge in [0.25, 0.3) is 0 Å². The molecule has 1 aromatic heterocycles. The third kappa shape index (κ3) is 2.77. The standard InChI is InChI=1S/C16H24N2OS/c1-11-5-3-4-6-13(11)10-18-15(19)9-17-16(18)14-8-7-12(2)20-14/h7-8,11,13,16-17H,3-6,9-10H2,1-2H3. The molecule has 3 unspecified atom stereocenters. The molecule has 1 aromatic rings. The lowest BCUT2D eigenvalue weighted by Gasteiger charge is -2.34. The first-order valence-corrected chi connectivity index (χ1v) is 8.56. The van der Waals surface area contributed by atoms with Crippen molar-refractivity contribution in [3.05, 3.63) is 21.9 Å². The largest absolute Gasteiger partial charge is 0.321 e. The van der Waals surface area contributed by atoms with Crippen LogP contribution in [-0.2, 0) is 4.79 Å². The molecule has 2 aliphatic rings. The van der Waals surface area contributed by atoms with Crippen LogP contribution < -0.4 is 5.32 Å². The van der Waals surface area contributed by atoms with Gasteiger partial charge in [0.15, 0.2) is 0 Å². The number of hydrogen-bond donors (Lipinski definition) is 1. The van der Waals surface area contributed by atoms with E-state index in [9.17, 15) is 4.79 Å². The van der Waals surface area contributed by atoms with Crippen LogP contribution in [0, 0.1) is 18.8 Å². The van der Waals surface area contributed by atoms with Crippen LogP contribution >= 0.6 is 11.3 Å². The Bertz CT molecular complexity index is 485. The molecule has 0 bridgehead atoms. The molecule has 2 heterocycles. The monoisotopic (exact) mass is 292 g/mol. The highest BCUT2D eigenvalue weighted by Gasteiger charge is 2.35. The molecular formula is C16H24N2OS. The molecular weight excluding hydrogens is 268 g/mol. The van der Waals surface area contributed by atoms with Gasteiger partial charge in [-0.1, -0.05) is 26.2 Å². The minimum Gasteiger partial charge on any atom is -0.321 e. The Labute approximate surface area is 125 Å². The number of nitrogens with one attached hydrogen (secondary N) is 1. The number of amides is 1. The maximum Gasteiger partial charge on any atom is 0.238 e. The zero-order valence-corrected chi connectivity index (χ0v) is 13.2. The summed E-state index contributed by atoms with van der Waals surface area (Å²) in [5.74, 6) is 1.69. The summed E-state index contributed by atoms with van der Waals surface area (Å²) in [4.78, 5) is 16.9. The average molecular weight is 292 g/mol. The zero-order valence-electron chi connectivity index (χ0n) is 12.4. The van der Waals surface area contributed by atoms with Gasteiger partial charge in [0.2, 0.25) is 5.91 Å². The minimum atomic E-state index is 0.107. The summed E-state index contributed by atoms with van der Waals surface area (Å²) < 4.78 is 0. The van der Waals surface area contributed by atoms with Gasteiger partial charge in [0, 0.05) is 16.3 Å². The van der Waals surface area contributed by atoms with Crippen LogP contribution in [0.25, 0.3) is 0 Å². The molecule has 3 nitrogen and oxygen atoms in total. The number of rotatable bonds is 3. The summed E-state index contributed by atoms with van der Waals surface area (Å²) in [6.07, 6.45) is 5.39. The highest BCUT2D eigenvalue weighted by atomic mass is 32.1. The Hall–Kier alpha value is -0.870. The first-order chi connectivity index (χ1) is 9.65. The molecule has 1 saturated heterocycles. The average Bonchev–Trinajstić information content (AvgIpc) is 3.00. The van der Waals surface area contributed by atoms with Crippen LogP contribution in [0.5, 0.6) is 0 Å². The van der Waals surface area contributed by atoms with Crippen molar-refractivity contribution >= 4 is 17.2 Å². The molecule has 4 heteroatoms. The van der Waals surface area contributed by atoms with Crippen LogP contribution in [0.1, 0.15) is 48.5 Å². The molecule has 0 radical (unpaired) electrons. The molecule has 20 heavy (non-hydrogen) atoms. The lowest BCUT2D eigenvalue weighted by molar-refractivity contribution is -0.129. The van der Waals surface area contributed by atoms with Crippen molar-refractivity contribution in [1.82, 2.24) is 10.2 Å². The molecule has 3 atom stereocenters. The van der Waals surface area contributed by atoms with Crippen molar-refractivity contribution in [3.8, 4) is 0 Å². The van der Waals surface area contributed by atoms with Crippen molar-refractivity contribution in [3.63, 3.8) is 0 Å². The van der Waals surface area contributed by atoms with E-state index < -0.39 is 0 Å². The number of thiophene rings is 1. The van der Waals surface area contributed by atoms with Crippen LogP contribution in [-0.4, -0.2) is 23.9 Å². The van der Waals surface area contributed by atoms with Crippen molar-refractivity contribution < 1.29 is 4.79 Å². The normalized spacial score (nSPS) is 31.0. The molecule has 0 spiro atoms. The number of hydrogen-bond acceptors (Lipinski definition) is 3. The van der Waals surface area contributed by atoms with Gasteiger partial charge in [0.1, 0.15) is 6.17 Å². The summed E-state index contributed by atoms with van der Waals surface area (Å²) in [7, 11) is 0. The summed E-state index contributed by atoms with van der Waals surface area (Å²) in [6, 6.07) is 4.31. The van der Waals surface area contributed by atoms with Crippen LogP contribution in [0.3, 0.4) is 0 Å². The fraction of sp³-hybridized carbons (Fsp3) is 0.688. The van der Waals surface area contributed by atoms with E-state index in [4.69, 9.17) is 0 Å². The molecule has 1 aliphatic carbocycles. The molecule has 1 N–H and O–H groups in total. The van der Waals surface area contributed by atoms with Crippen molar-refractivity contribution in [1.29, 1.82) is 0 Å². The van der Waals surface area contributed by atoms with E-state index in [1.165, 1.54) is 35.4 Å². The highest BCUT2D eigenvalue weighted by molar-refractivity contribution is 7.12. The summed E-state index contributed by atoms with van der Waals surface area (Å²) >= 11 is 1.80. The SMILES string of the molecule is Cc1ccc(C2NCC(=O)N2CC2CCCCC2C)s1. The van der Waals surface area contributed by atoms with E-state index in [1.54, 1.807) is 11.3 Å². The molecule has 0 aromatic carbocycles. The van der Waals surface area contributed by atoms with Gasteiger partial charge in [-0.3, -0.25) is 10.1 Å². The fourth-order valence-corrected chi connectivity index (χ4v) is 4.48. The van der Waals surface area contributed by atoms with Crippen LogP contribution in [0.2, 0.25) is 0 Å². The second kappa shape index (κ2) is 5.86. The maximum atomic E-state index is 12.2. The molecule has 1 amide bonds. The van der Waals surface area contributed by atoms with E-state index in [2.05, 4.69) is 36.2 Å². The zero-order chi connectivity index (χ0) is 14.1. The molecule has 1 aliphatic heterocycles. The Balaban J connectivity index is 1.73. The van der Waals surface area contributed by atoms with Gasteiger partial charge < -0.3 is 4.90 Å². The number of carbonyl (C=O) groups is 1. The summed E-state index contributed by atoms with van der Waals surface area (Å²) in [5.41, 5.74) is 0. The Kier molecular flexibility index (Phi) is 4.13. The van der Waals surface area contributed by atoms with Crippen LogP contribution in [0.4, 0.5) is 0 Å². The van der Waals surface area contributed by atoms with Gasteiger partial charge in [-0.05, 0) is 37.3 Å². The van der Waals surface area contributed by atoms with E-state index in [0.717, 1.165) is 12.5 Å². The second-order valence-electron chi connectivity index (χ2n) is 6.30. The van der Waals surface area contributed by atoms with Crippen molar-refractivity contribution in [2.75, 3.05) is 13.1 Å². The number of nitrogens with zero attached hydrogens (tertiary/aromatic N) is 1. The van der Waals surface area contributed by atoms with E-state index >= 15 is 0 Å². The third-order valence-electron chi connectivity index (χ3n) is 4.83. The lowest BCUT2D eigenvalue weighted by atomic mass is 9.80. The Morgan fingerprint density at radius 1 is 1.35 bits per heavy atom. The fourth-order valence-electron chi connectivity index (χ4n) is 3.52. The maximum absolute atomic E-state index is 12.2. The van der Waals surface area contributed by atoms with Gasteiger partial charge in [-0.2, -0.15) is 0 Å². The van der Waals surface area contributed by atoms with E-state index in [1.807, 2.05) is 0 Å². The molecule has 3 rings (SSSR count). The van der Waals surface area contributed by atoms with Crippen molar-refractivity contribution in [2.24, 2.45) is 11.8 Å².